The predicted octanol–water partition coefficient (Wildman–Crippen LogP) is 2.32. The monoisotopic (exact) mass is 284 g/mol. The Kier molecular flexibility index (Phi) is 6.15. The van der Waals surface area contributed by atoms with Crippen LogP contribution < -0.4 is 10.6 Å². The maximum absolute atomic E-state index is 11.4. The number of hydrogen-bond acceptors (Lipinski definition) is 3. The first-order valence-electron chi connectivity index (χ1n) is 5.87. The standard InChI is InChI=1S/C13H17ClN2O3/c1-9(12(17)19-2)10-3-5-11(6-4-10)16-13(18)15-8-7-14/h3-6,9H,7-8H2,1-2H3,(H2,15,16,18). The van der Waals surface area contributed by atoms with Crippen LogP contribution in [0.4, 0.5) is 10.5 Å². The van der Waals surface area contributed by atoms with Crippen molar-refractivity contribution >= 4 is 29.3 Å². The van der Waals surface area contributed by atoms with Gasteiger partial charge in [0.1, 0.15) is 0 Å². The second-order valence-electron chi connectivity index (χ2n) is 3.94. The minimum absolute atomic E-state index is 0.291. The quantitative estimate of drug-likeness (QED) is 0.644. The molecule has 0 bridgehead atoms. The van der Waals surface area contributed by atoms with Gasteiger partial charge in [-0.05, 0) is 24.6 Å². The molecule has 0 aromatic heterocycles. The lowest BCUT2D eigenvalue weighted by molar-refractivity contribution is -0.141. The number of rotatable bonds is 5. The van der Waals surface area contributed by atoms with E-state index in [-0.39, 0.29) is 17.9 Å². The number of carbonyl (C=O) groups is 2. The van der Waals surface area contributed by atoms with E-state index in [1.54, 1.807) is 31.2 Å². The van der Waals surface area contributed by atoms with Crippen LogP contribution >= 0.6 is 11.6 Å². The summed E-state index contributed by atoms with van der Waals surface area (Å²) >= 11 is 5.46. The van der Waals surface area contributed by atoms with E-state index in [2.05, 4.69) is 15.4 Å². The molecule has 0 aliphatic rings. The maximum atomic E-state index is 11.4. The molecule has 5 nitrogen and oxygen atoms in total. The fourth-order valence-electron chi connectivity index (χ4n) is 1.50. The van der Waals surface area contributed by atoms with Crippen LogP contribution in [0.25, 0.3) is 0 Å². The molecule has 1 unspecified atom stereocenters. The number of alkyl halides is 1. The number of halogens is 1. The molecule has 1 rings (SSSR count). The number of carbonyl (C=O) groups excluding carboxylic acids is 2. The van der Waals surface area contributed by atoms with Gasteiger partial charge in [0.2, 0.25) is 0 Å². The Morgan fingerprint density at radius 3 is 2.47 bits per heavy atom. The Balaban J connectivity index is 2.61. The number of amides is 2. The largest absolute Gasteiger partial charge is 0.469 e. The van der Waals surface area contributed by atoms with E-state index < -0.39 is 0 Å². The molecule has 1 aromatic carbocycles. The van der Waals surface area contributed by atoms with E-state index in [1.165, 1.54) is 7.11 Å². The first-order valence-corrected chi connectivity index (χ1v) is 6.40. The molecule has 104 valence electrons. The second-order valence-corrected chi connectivity index (χ2v) is 4.31. The molecule has 0 saturated heterocycles. The van der Waals surface area contributed by atoms with Crippen molar-refractivity contribution < 1.29 is 14.3 Å². The molecule has 2 N–H and O–H groups in total. The Hall–Kier alpha value is -1.75. The number of nitrogens with one attached hydrogen (secondary N) is 2. The first kappa shape index (κ1) is 15.3. The molecular weight excluding hydrogens is 268 g/mol. The summed E-state index contributed by atoms with van der Waals surface area (Å²) in [7, 11) is 1.36. The number of benzene rings is 1. The molecule has 19 heavy (non-hydrogen) atoms. The zero-order valence-electron chi connectivity index (χ0n) is 10.9. The van der Waals surface area contributed by atoms with Crippen LogP contribution in [0.1, 0.15) is 18.4 Å². The average molecular weight is 285 g/mol. The van der Waals surface area contributed by atoms with Gasteiger partial charge < -0.3 is 15.4 Å². The van der Waals surface area contributed by atoms with E-state index in [0.717, 1.165) is 5.56 Å². The van der Waals surface area contributed by atoms with Crippen molar-refractivity contribution in [3.05, 3.63) is 29.8 Å². The SMILES string of the molecule is COC(=O)C(C)c1ccc(NC(=O)NCCCl)cc1. The fourth-order valence-corrected chi connectivity index (χ4v) is 1.60. The van der Waals surface area contributed by atoms with E-state index in [9.17, 15) is 9.59 Å². The molecule has 0 aliphatic heterocycles. The first-order chi connectivity index (χ1) is 9.08. The average Bonchev–Trinajstić information content (AvgIpc) is 2.44. The van der Waals surface area contributed by atoms with Crippen molar-refractivity contribution in [1.82, 2.24) is 5.32 Å². The van der Waals surface area contributed by atoms with Gasteiger partial charge in [0.05, 0.1) is 13.0 Å². The highest BCUT2D eigenvalue weighted by Gasteiger charge is 2.15. The van der Waals surface area contributed by atoms with Crippen molar-refractivity contribution in [1.29, 1.82) is 0 Å². The molecule has 0 aliphatic carbocycles. The summed E-state index contributed by atoms with van der Waals surface area (Å²) in [5.74, 6) is -0.257. The normalized spacial score (nSPS) is 11.5. The van der Waals surface area contributed by atoms with Gasteiger partial charge in [0.15, 0.2) is 0 Å². The van der Waals surface area contributed by atoms with Gasteiger partial charge >= 0.3 is 12.0 Å². The number of urea groups is 1. The van der Waals surface area contributed by atoms with Gasteiger partial charge in [0.25, 0.3) is 0 Å². The van der Waals surface area contributed by atoms with Gasteiger partial charge in [0, 0.05) is 18.1 Å². The van der Waals surface area contributed by atoms with E-state index in [4.69, 9.17) is 11.6 Å². The third-order valence-electron chi connectivity index (χ3n) is 2.60. The van der Waals surface area contributed by atoms with E-state index in [1.807, 2.05) is 0 Å². The smallest absolute Gasteiger partial charge is 0.319 e. The van der Waals surface area contributed by atoms with Gasteiger partial charge in [-0.25, -0.2) is 4.79 Å². The van der Waals surface area contributed by atoms with Crippen LogP contribution in [0, 0.1) is 0 Å². The molecule has 2 amide bonds. The van der Waals surface area contributed by atoms with Gasteiger partial charge in [-0.15, -0.1) is 11.6 Å². The van der Waals surface area contributed by atoms with Crippen molar-refractivity contribution in [2.45, 2.75) is 12.8 Å². The van der Waals surface area contributed by atoms with Crippen molar-refractivity contribution in [2.75, 3.05) is 24.9 Å². The lowest BCUT2D eigenvalue weighted by atomic mass is 10.0. The van der Waals surface area contributed by atoms with Crippen LogP contribution in [0.2, 0.25) is 0 Å². The van der Waals surface area contributed by atoms with Crippen molar-refractivity contribution in [2.24, 2.45) is 0 Å². The summed E-state index contributed by atoms with van der Waals surface area (Å²) in [5, 5.41) is 5.25. The number of methoxy groups -OCH3 is 1. The summed E-state index contributed by atoms with van der Waals surface area (Å²) < 4.78 is 4.67. The van der Waals surface area contributed by atoms with Gasteiger partial charge in [-0.2, -0.15) is 0 Å². The molecular formula is C13H17ClN2O3. The third kappa shape index (κ3) is 4.79. The molecule has 1 atom stereocenters. The fraction of sp³-hybridized carbons (Fsp3) is 0.385. The highest BCUT2D eigenvalue weighted by Crippen LogP contribution is 2.19. The zero-order chi connectivity index (χ0) is 14.3. The number of esters is 1. The van der Waals surface area contributed by atoms with Gasteiger partial charge in [-0.3, -0.25) is 4.79 Å². The highest BCUT2D eigenvalue weighted by molar-refractivity contribution is 6.18. The third-order valence-corrected chi connectivity index (χ3v) is 2.79. The summed E-state index contributed by atoms with van der Waals surface area (Å²) in [6.07, 6.45) is 0. The lowest BCUT2D eigenvalue weighted by Crippen LogP contribution is -2.30. The van der Waals surface area contributed by atoms with E-state index >= 15 is 0 Å². The topological polar surface area (TPSA) is 67.4 Å². The minimum atomic E-state index is -0.330. The molecule has 0 saturated carbocycles. The molecule has 1 aromatic rings. The van der Waals surface area contributed by atoms with Crippen LogP contribution in [-0.2, 0) is 9.53 Å². The number of ether oxygens (including phenoxy) is 1. The second kappa shape index (κ2) is 7.63. The summed E-state index contributed by atoms with van der Waals surface area (Å²) in [6, 6.07) is 6.70. The molecule has 0 radical (unpaired) electrons. The van der Waals surface area contributed by atoms with Crippen molar-refractivity contribution in [3.8, 4) is 0 Å². The minimum Gasteiger partial charge on any atom is -0.469 e. The molecule has 0 spiro atoms. The Bertz CT molecular complexity index is 434. The van der Waals surface area contributed by atoms with Crippen LogP contribution in [0.3, 0.4) is 0 Å². The summed E-state index contributed by atoms with van der Waals surface area (Å²) in [6.45, 7) is 2.17. The number of anilines is 1. The Morgan fingerprint density at radius 2 is 1.95 bits per heavy atom. The summed E-state index contributed by atoms with van der Waals surface area (Å²) in [5.41, 5.74) is 1.48. The van der Waals surface area contributed by atoms with Crippen LogP contribution in [-0.4, -0.2) is 31.5 Å². The number of hydrogen-bond donors (Lipinski definition) is 2. The Labute approximate surface area is 117 Å². The van der Waals surface area contributed by atoms with Crippen molar-refractivity contribution in [3.63, 3.8) is 0 Å². The molecule has 0 fully saturated rings. The zero-order valence-corrected chi connectivity index (χ0v) is 11.7. The lowest BCUT2D eigenvalue weighted by Gasteiger charge is -2.11. The Morgan fingerprint density at radius 1 is 1.32 bits per heavy atom. The highest BCUT2D eigenvalue weighted by atomic mass is 35.5. The van der Waals surface area contributed by atoms with Crippen LogP contribution in [0.15, 0.2) is 24.3 Å². The molecule has 6 heteroatoms. The summed E-state index contributed by atoms with van der Waals surface area (Å²) in [4.78, 5) is 22.8. The predicted molar refractivity (Wildman–Crippen MR) is 74.6 cm³/mol. The molecule has 0 heterocycles. The van der Waals surface area contributed by atoms with E-state index in [0.29, 0.717) is 18.1 Å². The van der Waals surface area contributed by atoms with Gasteiger partial charge in [-0.1, -0.05) is 12.1 Å². The maximum Gasteiger partial charge on any atom is 0.319 e. The van der Waals surface area contributed by atoms with Crippen LogP contribution in [0.5, 0.6) is 0 Å².